The maximum Gasteiger partial charge on any atom is 0.0598 e. The Morgan fingerprint density at radius 3 is 2.25 bits per heavy atom. The van der Waals surface area contributed by atoms with Crippen LogP contribution >= 0.6 is 0 Å². The third-order valence-corrected chi connectivity index (χ3v) is 2.48. The summed E-state index contributed by atoms with van der Waals surface area (Å²) in [6.07, 6.45) is 4.68. The highest BCUT2D eigenvalue weighted by atomic mass is 16.5. The minimum absolute atomic E-state index is 0.0138. The molecule has 0 amide bonds. The van der Waals surface area contributed by atoms with Crippen LogP contribution in [0.4, 0.5) is 0 Å². The second-order valence-corrected chi connectivity index (χ2v) is 4.93. The average Bonchev–Trinajstić information content (AvgIpc) is 1.81. The molecule has 1 fully saturated rings. The van der Waals surface area contributed by atoms with Crippen molar-refractivity contribution in [3.8, 4) is 0 Å². The lowest BCUT2D eigenvalue weighted by Crippen LogP contribution is -2.47. The van der Waals surface area contributed by atoms with Gasteiger partial charge in [-0.1, -0.05) is 0 Å². The van der Waals surface area contributed by atoms with Crippen LogP contribution in [0.1, 0.15) is 46.5 Å². The molecule has 1 aliphatic rings. The molecule has 0 atom stereocenters. The molecule has 0 spiro atoms. The summed E-state index contributed by atoms with van der Waals surface area (Å²) in [4.78, 5) is 0. The van der Waals surface area contributed by atoms with E-state index in [1.807, 2.05) is 0 Å². The van der Waals surface area contributed by atoms with Crippen LogP contribution in [0.3, 0.4) is 0 Å². The van der Waals surface area contributed by atoms with E-state index in [0.29, 0.717) is 0 Å². The van der Waals surface area contributed by atoms with Gasteiger partial charge in [-0.2, -0.15) is 0 Å². The van der Waals surface area contributed by atoms with Gasteiger partial charge in [0.2, 0.25) is 0 Å². The van der Waals surface area contributed by atoms with Crippen molar-refractivity contribution in [3.05, 3.63) is 0 Å². The van der Waals surface area contributed by atoms with Gasteiger partial charge < -0.3 is 10.5 Å². The highest BCUT2D eigenvalue weighted by molar-refractivity contribution is 4.92. The largest absolute Gasteiger partial charge is 0.376 e. The van der Waals surface area contributed by atoms with E-state index < -0.39 is 0 Å². The van der Waals surface area contributed by atoms with Crippen LogP contribution < -0.4 is 5.73 Å². The molecule has 0 unspecified atom stereocenters. The summed E-state index contributed by atoms with van der Waals surface area (Å²) in [6, 6.07) is 0. The third kappa shape index (κ3) is 3.11. The second-order valence-electron chi connectivity index (χ2n) is 4.93. The van der Waals surface area contributed by atoms with Gasteiger partial charge in [-0.3, -0.25) is 0 Å². The first-order chi connectivity index (χ1) is 5.41. The fourth-order valence-corrected chi connectivity index (χ4v) is 1.44. The standard InChI is InChI=1S/C10H21NO/c1-9(2,3)12-8-7-10(11)5-4-6-10/h4-8,11H2,1-3H3. The molecular formula is C10H21NO. The molecule has 2 nitrogen and oxygen atoms in total. The van der Waals surface area contributed by atoms with E-state index in [9.17, 15) is 0 Å². The van der Waals surface area contributed by atoms with Crippen molar-refractivity contribution < 1.29 is 4.74 Å². The van der Waals surface area contributed by atoms with E-state index in [1.54, 1.807) is 0 Å². The fourth-order valence-electron chi connectivity index (χ4n) is 1.44. The van der Waals surface area contributed by atoms with Crippen LogP contribution in [-0.4, -0.2) is 17.7 Å². The highest BCUT2D eigenvalue weighted by Crippen LogP contribution is 2.32. The van der Waals surface area contributed by atoms with Crippen molar-refractivity contribution in [2.75, 3.05) is 6.61 Å². The molecule has 1 saturated carbocycles. The van der Waals surface area contributed by atoms with Crippen molar-refractivity contribution in [2.24, 2.45) is 5.73 Å². The average molecular weight is 171 g/mol. The molecule has 2 N–H and O–H groups in total. The van der Waals surface area contributed by atoms with Crippen LogP contribution in [0.2, 0.25) is 0 Å². The van der Waals surface area contributed by atoms with E-state index in [2.05, 4.69) is 20.8 Å². The maximum absolute atomic E-state index is 6.05. The molecule has 0 aromatic carbocycles. The first-order valence-electron chi connectivity index (χ1n) is 4.84. The van der Waals surface area contributed by atoms with Gasteiger partial charge in [0.1, 0.15) is 0 Å². The van der Waals surface area contributed by atoms with Crippen LogP contribution in [0, 0.1) is 0 Å². The molecule has 2 heteroatoms. The van der Waals surface area contributed by atoms with E-state index in [0.717, 1.165) is 13.0 Å². The predicted octanol–water partition coefficient (Wildman–Crippen LogP) is 2.07. The van der Waals surface area contributed by atoms with Gasteiger partial charge in [-0.15, -0.1) is 0 Å². The number of nitrogens with two attached hydrogens (primary N) is 1. The van der Waals surface area contributed by atoms with Crippen molar-refractivity contribution >= 4 is 0 Å². The van der Waals surface area contributed by atoms with Gasteiger partial charge in [-0.25, -0.2) is 0 Å². The van der Waals surface area contributed by atoms with Crippen LogP contribution in [0.5, 0.6) is 0 Å². The highest BCUT2D eigenvalue weighted by Gasteiger charge is 2.32. The van der Waals surface area contributed by atoms with Crippen molar-refractivity contribution in [3.63, 3.8) is 0 Å². The lowest BCUT2D eigenvalue weighted by Gasteiger charge is -2.38. The molecule has 72 valence electrons. The van der Waals surface area contributed by atoms with E-state index >= 15 is 0 Å². The molecule has 12 heavy (non-hydrogen) atoms. The van der Waals surface area contributed by atoms with Gasteiger partial charge in [0.05, 0.1) is 5.60 Å². The van der Waals surface area contributed by atoms with Crippen molar-refractivity contribution in [1.82, 2.24) is 0 Å². The van der Waals surface area contributed by atoms with Gasteiger partial charge >= 0.3 is 0 Å². The molecule has 0 bridgehead atoms. The summed E-state index contributed by atoms with van der Waals surface area (Å²) < 4.78 is 5.62. The van der Waals surface area contributed by atoms with Gasteiger partial charge in [0, 0.05) is 12.1 Å². The fraction of sp³-hybridized carbons (Fsp3) is 1.00. The Balaban J connectivity index is 2.10. The van der Waals surface area contributed by atoms with Gasteiger partial charge in [0.25, 0.3) is 0 Å². The second kappa shape index (κ2) is 3.35. The number of hydrogen-bond donors (Lipinski definition) is 1. The van der Waals surface area contributed by atoms with Gasteiger partial charge in [-0.05, 0) is 46.5 Å². The SMILES string of the molecule is CC(C)(C)OCCC1(N)CCC1. The molecule has 0 aromatic heterocycles. The summed E-state index contributed by atoms with van der Waals surface area (Å²) in [7, 11) is 0. The lowest BCUT2D eigenvalue weighted by atomic mass is 9.75. The molecule has 0 heterocycles. The number of hydrogen-bond acceptors (Lipinski definition) is 2. The zero-order chi connectivity index (χ0) is 9.24. The first-order valence-corrected chi connectivity index (χ1v) is 4.84. The van der Waals surface area contributed by atoms with E-state index in [-0.39, 0.29) is 11.1 Å². The van der Waals surface area contributed by atoms with E-state index in [4.69, 9.17) is 10.5 Å². The zero-order valence-electron chi connectivity index (χ0n) is 8.52. The number of ether oxygens (including phenoxy) is 1. The Morgan fingerprint density at radius 1 is 1.33 bits per heavy atom. The minimum atomic E-state index is -0.0138. The summed E-state index contributed by atoms with van der Waals surface area (Å²) in [5, 5.41) is 0. The topological polar surface area (TPSA) is 35.2 Å². The maximum atomic E-state index is 6.05. The quantitative estimate of drug-likeness (QED) is 0.705. The molecule has 0 saturated heterocycles. The van der Waals surface area contributed by atoms with Gasteiger partial charge in [0.15, 0.2) is 0 Å². The molecule has 1 rings (SSSR count). The molecule has 0 radical (unpaired) electrons. The Labute approximate surface area is 75.5 Å². The molecular weight excluding hydrogens is 150 g/mol. The zero-order valence-corrected chi connectivity index (χ0v) is 8.52. The molecule has 0 aromatic rings. The monoisotopic (exact) mass is 171 g/mol. The first kappa shape index (κ1) is 10.0. The van der Waals surface area contributed by atoms with E-state index in [1.165, 1.54) is 19.3 Å². The summed E-state index contributed by atoms with van der Waals surface area (Å²) in [5.41, 5.74) is 6.15. The van der Waals surface area contributed by atoms with Crippen LogP contribution in [0.15, 0.2) is 0 Å². The number of rotatable bonds is 3. The van der Waals surface area contributed by atoms with Crippen LogP contribution in [-0.2, 0) is 4.74 Å². The normalized spacial score (nSPS) is 22.0. The van der Waals surface area contributed by atoms with Crippen molar-refractivity contribution in [2.45, 2.75) is 57.6 Å². The smallest absolute Gasteiger partial charge is 0.0598 e. The minimum Gasteiger partial charge on any atom is -0.376 e. The summed E-state index contributed by atoms with van der Waals surface area (Å²) in [6.45, 7) is 7.05. The Hall–Kier alpha value is -0.0800. The Morgan fingerprint density at radius 2 is 1.92 bits per heavy atom. The predicted molar refractivity (Wildman–Crippen MR) is 51.1 cm³/mol. The lowest BCUT2D eigenvalue weighted by molar-refractivity contribution is -0.0167. The summed E-state index contributed by atoms with van der Waals surface area (Å²) >= 11 is 0. The molecule has 0 aliphatic heterocycles. The van der Waals surface area contributed by atoms with Crippen LogP contribution in [0.25, 0.3) is 0 Å². The Bertz CT molecular complexity index is 144. The summed E-state index contributed by atoms with van der Waals surface area (Å²) in [5.74, 6) is 0. The molecule has 1 aliphatic carbocycles. The third-order valence-electron chi connectivity index (χ3n) is 2.48. The van der Waals surface area contributed by atoms with Crippen molar-refractivity contribution in [1.29, 1.82) is 0 Å². The Kier molecular flexibility index (Phi) is 2.79.